The van der Waals surface area contributed by atoms with Gasteiger partial charge in [-0.25, -0.2) is 14.6 Å². The fourth-order valence-corrected chi connectivity index (χ4v) is 6.45. The summed E-state index contributed by atoms with van der Waals surface area (Å²) < 4.78 is 21.4. The Morgan fingerprint density at radius 1 is 1.10 bits per heavy atom. The molecule has 2 N–H and O–H groups in total. The summed E-state index contributed by atoms with van der Waals surface area (Å²) in [6, 6.07) is 8.46. The normalized spacial score (nSPS) is 21.3. The molecule has 1 aliphatic heterocycles. The molecule has 15 nitrogen and oxygen atoms in total. The molecule has 0 radical (unpaired) electrons. The average molecular weight is 656 g/mol. The van der Waals surface area contributed by atoms with Crippen LogP contribution in [0.4, 0.5) is 11.6 Å². The molecule has 0 bridgehead atoms. The van der Waals surface area contributed by atoms with Crippen molar-refractivity contribution in [1.29, 1.82) is 5.26 Å². The highest BCUT2D eigenvalue weighted by Gasteiger charge is 2.40. The van der Waals surface area contributed by atoms with Gasteiger partial charge < -0.3 is 24.6 Å². The number of ether oxygens (including phenoxy) is 3. The third-order valence-corrected chi connectivity index (χ3v) is 9.43. The van der Waals surface area contributed by atoms with Gasteiger partial charge in [-0.3, -0.25) is 9.58 Å². The van der Waals surface area contributed by atoms with Crippen LogP contribution in [0.1, 0.15) is 63.5 Å². The van der Waals surface area contributed by atoms with Gasteiger partial charge in [0.1, 0.15) is 29.9 Å². The van der Waals surface area contributed by atoms with E-state index in [4.69, 9.17) is 19.3 Å². The number of aliphatic hydroxyl groups is 1. The highest BCUT2D eigenvalue weighted by Crippen LogP contribution is 2.39. The minimum Gasteiger partial charge on any atom is -0.487 e. The summed E-state index contributed by atoms with van der Waals surface area (Å²) in [6.45, 7) is 6.36. The lowest BCUT2D eigenvalue weighted by Gasteiger charge is -2.38. The van der Waals surface area contributed by atoms with E-state index in [2.05, 4.69) is 41.8 Å². The number of hydrogen-bond acceptors (Lipinski definition) is 13. The molecule has 4 heterocycles. The fraction of sp³-hybridized carbons (Fsp3) is 0.545. The minimum absolute atomic E-state index is 0.275. The maximum atomic E-state index is 10.3. The highest BCUT2D eigenvalue weighted by atomic mass is 16.5. The second kappa shape index (κ2) is 14.2. The van der Waals surface area contributed by atoms with E-state index in [0.29, 0.717) is 54.4 Å². The zero-order valence-electron chi connectivity index (χ0n) is 27.1. The number of anilines is 2. The van der Waals surface area contributed by atoms with Gasteiger partial charge in [0.25, 0.3) is 5.88 Å². The van der Waals surface area contributed by atoms with E-state index in [1.165, 1.54) is 6.33 Å². The van der Waals surface area contributed by atoms with E-state index in [1.807, 2.05) is 29.9 Å². The summed E-state index contributed by atoms with van der Waals surface area (Å²) >= 11 is 0. The Hall–Kier alpha value is -4.65. The molecular formula is C33H41N11O4. The van der Waals surface area contributed by atoms with Crippen LogP contribution in [0.5, 0.6) is 11.6 Å². The molecule has 0 amide bonds. The van der Waals surface area contributed by atoms with Gasteiger partial charge in [0.2, 0.25) is 5.95 Å². The lowest BCUT2D eigenvalue weighted by atomic mass is 9.90. The van der Waals surface area contributed by atoms with Crippen molar-refractivity contribution in [2.24, 2.45) is 0 Å². The second-order valence-electron chi connectivity index (χ2n) is 13.0. The molecule has 0 unspecified atom stereocenters. The standard InChI is InChI=1S/C33H41N11O4/c1-23(20-43-22-37-40-41-43)48-30-16-24(2-3-25(30)17-34)26-18-35-32(36-19-26)38-29-21-44(39-31(29)47-13-10-33(45)8-9-33)28-6-4-27(5-7-28)42-11-14-46-15-12-42/h2-3,16,18-19,21-23,27-28,45H,4-15,20H2,1H3,(H,35,36,38)/t23-,27-,28-/m0/s1. The third kappa shape index (κ3) is 7.73. The number of hydrogen-bond donors (Lipinski definition) is 2. The predicted molar refractivity (Wildman–Crippen MR) is 174 cm³/mol. The molecule has 1 saturated heterocycles. The lowest BCUT2D eigenvalue weighted by Crippen LogP contribution is -2.45. The Labute approximate surface area is 278 Å². The average Bonchev–Trinajstić information content (AvgIpc) is 3.43. The molecule has 3 fully saturated rings. The molecule has 2 saturated carbocycles. The molecule has 7 rings (SSSR count). The molecule has 2 aliphatic carbocycles. The number of tetrazole rings is 1. The molecule has 3 aliphatic rings. The van der Waals surface area contributed by atoms with Gasteiger partial charge >= 0.3 is 0 Å². The summed E-state index contributed by atoms with van der Waals surface area (Å²) in [5.41, 5.74) is 2.09. The summed E-state index contributed by atoms with van der Waals surface area (Å²) in [5, 5.41) is 39.3. The number of nitrogens with zero attached hydrogens (tertiary/aromatic N) is 10. The SMILES string of the molecule is C[C@@H](Cn1cnnn1)Oc1cc(-c2cnc(Nc3cn([C@H]4CC[C@H](N5CCOCC5)CC4)nc3OCCC3(O)CC3)nc2)ccc1C#N. The molecular weight excluding hydrogens is 614 g/mol. The van der Waals surface area contributed by atoms with Gasteiger partial charge in [-0.05, 0) is 73.6 Å². The molecule has 4 aromatic rings. The molecule has 15 heteroatoms. The molecule has 252 valence electrons. The van der Waals surface area contributed by atoms with Crippen LogP contribution in [0.2, 0.25) is 0 Å². The van der Waals surface area contributed by atoms with Crippen LogP contribution in [-0.4, -0.2) is 101 Å². The first-order valence-corrected chi connectivity index (χ1v) is 16.7. The first kappa shape index (κ1) is 31.9. The van der Waals surface area contributed by atoms with E-state index in [9.17, 15) is 10.4 Å². The van der Waals surface area contributed by atoms with E-state index in [1.54, 1.807) is 23.1 Å². The van der Waals surface area contributed by atoms with E-state index >= 15 is 0 Å². The first-order valence-electron chi connectivity index (χ1n) is 16.7. The topological polar surface area (TPSA) is 174 Å². The highest BCUT2D eigenvalue weighted by molar-refractivity contribution is 5.67. The zero-order valence-corrected chi connectivity index (χ0v) is 27.1. The van der Waals surface area contributed by atoms with Crippen molar-refractivity contribution in [3.8, 4) is 28.8 Å². The van der Waals surface area contributed by atoms with Crippen LogP contribution in [0, 0.1) is 11.3 Å². The summed E-state index contributed by atoms with van der Waals surface area (Å²) in [7, 11) is 0. The van der Waals surface area contributed by atoms with Crippen LogP contribution < -0.4 is 14.8 Å². The Morgan fingerprint density at radius 2 is 1.88 bits per heavy atom. The molecule has 48 heavy (non-hydrogen) atoms. The fourth-order valence-electron chi connectivity index (χ4n) is 6.45. The van der Waals surface area contributed by atoms with Crippen molar-refractivity contribution in [3.63, 3.8) is 0 Å². The van der Waals surface area contributed by atoms with Gasteiger partial charge in [0, 0.05) is 43.5 Å². The van der Waals surface area contributed by atoms with Crippen molar-refractivity contribution in [1.82, 2.24) is 44.9 Å². The monoisotopic (exact) mass is 655 g/mol. The smallest absolute Gasteiger partial charge is 0.256 e. The maximum absolute atomic E-state index is 10.3. The Morgan fingerprint density at radius 3 is 2.58 bits per heavy atom. The van der Waals surface area contributed by atoms with Gasteiger partial charge in [-0.2, -0.15) is 5.26 Å². The van der Waals surface area contributed by atoms with Gasteiger partial charge in [0.05, 0.1) is 49.8 Å². The maximum Gasteiger partial charge on any atom is 0.256 e. The van der Waals surface area contributed by atoms with Crippen molar-refractivity contribution < 1.29 is 19.3 Å². The molecule has 0 spiro atoms. The lowest BCUT2D eigenvalue weighted by molar-refractivity contribution is 0.00502. The quantitative estimate of drug-likeness (QED) is 0.214. The molecule has 1 aromatic carbocycles. The third-order valence-electron chi connectivity index (χ3n) is 9.43. The number of nitrogens with one attached hydrogen (secondary N) is 1. The number of morpholine rings is 1. The van der Waals surface area contributed by atoms with Crippen molar-refractivity contribution in [2.75, 3.05) is 38.2 Å². The van der Waals surface area contributed by atoms with Crippen molar-refractivity contribution >= 4 is 11.6 Å². The Bertz CT molecular complexity index is 1690. The van der Waals surface area contributed by atoms with Crippen LogP contribution in [0.3, 0.4) is 0 Å². The second-order valence-corrected chi connectivity index (χ2v) is 13.0. The van der Waals surface area contributed by atoms with E-state index in [-0.39, 0.29) is 12.1 Å². The molecule has 1 atom stereocenters. The van der Waals surface area contributed by atoms with Crippen molar-refractivity contribution in [2.45, 2.75) is 82.2 Å². The van der Waals surface area contributed by atoms with E-state index in [0.717, 1.165) is 76.0 Å². The number of nitriles is 1. The van der Waals surface area contributed by atoms with E-state index < -0.39 is 5.60 Å². The van der Waals surface area contributed by atoms with Crippen LogP contribution in [0.25, 0.3) is 11.1 Å². The Balaban J connectivity index is 1.03. The number of rotatable bonds is 13. The van der Waals surface area contributed by atoms with Gasteiger partial charge in [-0.15, -0.1) is 10.2 Å². The summed E-state index contributed by atoms with van der Waals surface area (Å²) in [5.74, 6) is 1.34. The van der Waals surface area contributed by atoms with Crippen LogP contribution >= 0.6 is 0 Å². The Kier molecular flexibility index (Phi) is 9.46. The van der Waals surface area contributed by atoms with Gasteiger partial charge in [-0.1, -0.05) is 6.07 Å². The predicted octanol–water partition coefficient (Wildman–Crippen LogP) is 3.52. The summed E-state index contributed by atoms with van der Waals surface area (Å²) in [6.07, 6.45) is 13.2. The first-order chi connectivity index (χ1) is 23.4. The van der Waals surface area contributed by atoms with Crippen molar-refractivity contribution in [3.05, 3.63) is 48.7 Å². The largest absolute Gasteiger partial charge is 0.487 e. The van der Waals surface area contributed by atoms with Crippen LogP contribution in [-0.2, 0) is 11.3 Å². The van der Waals surface area contributed by atoms with Gasteiger partial charge in [0.15, 0.2) is 0 Å². The van der Waals surface area contributed by atoms with Crippen LogP contribution in [0.15, 0.2) is 43.1 Å². The number of aromatic nitrogens is 8. The zero-order chi connectivity index (χ0) is 32.9. The summed E-state index contributed by atoms with van der Waals surface area (Å²) in [4.78, 5) is 11.7. The number of benzene rings is 1. The minimum atomic E-state index is -0.601. The molecule has 3 aromatic heterocycles.